The van der Waals surface area contributed by atoms with Crippen LogP contribution in [0, 0.1) is 0 Å². The average molecular weight is 568 g/mol. The minimum absolute atomic E-state index is 0.0553. The maximum atomic E-state index is 15.1. The molecular formula is C30H42FN7O3. The molecule has 10 nitrogen and oxygen atoms in total. The quantitative estimate of drug-likeness (QED) is 0.459. The van der Waals surface area contributed by atoms with Crippen LogP contribution in [0.2, 0.25) is 0 Å². The molecule has 11 heteroatoms. The number of alkyl halides is 1. The molecule has 2 aromatic heterocycles. The monoisotopic (exact) mass is 567 g/mol. The van der Waals surface area contributed by atoms with Crippen molar-refractivity contribution in [3.05, 3.63) is 35.7 Å². The van der Waals surface area contributed by atoms with Gasteiger partial charge in [0.15, 0.2) is 11.3 Å². The van der Waals surface area contributed by atoms with Gasteiger partial charge in [-0.15, -0.1) is 0 Å². The number of hydrogen-bond donors (Lipinski definition) is 1. The van der Waals surface area contributed by atoms with Crippen molar-refractivity contribution in [1.82, 2.24) is 29.3 Å². The fourth-order valence-corrected chi connectivity index (χ4v) is 6.52. The molecule has 0 aromatic carbocycles. The van der Waals surface area contributed by atoms with Crippen LogP contribution in [0.3, 0.4) is 0 Å². The van der Waals surface area contributed by atoms with E-state index in [9.17, 15) is 9.59 Å². The minimum atomic E-state index is -1.69. The van der Waals surface area contributed by atoms with Crippen LogP contribution in [0.1, 0.15) is 75.5 Å². The number of carbonyl (C=O) groups is 2. The summed E-state index contributed by atoms with van der Waals surface area (Å²) in [4.78, 5) is 35.5. The van der Waals surface area contributed by atoms with Gasteiger partial charge in [-0.05, 0) is 58.5 Å². The van der Waals surface area contributed by atoms with Crippen molar-refractivity contribution in [2.45, 2.75) is 88.0 Å². The van der Waals surface area contributed by atoms with E-state index in [2.05, 4.69) is 30.3 Å². The molecule has 1 saturated carbocycles. The van der Waals surface area contributed by atoms with E-state index in [-0.39, 0.29) is 43.7 Å². The number of ether oxygens (including phenoxy) is 1. The maximum absolute atomic E-state index is 15.1. The molecule has 0 spiro atoms. The minimum Gasteiger partial charge on any atom is -0.446 e. The highest BCUT2D eigenvalue weighted by atomic mass is 19.1. The third-order valence-electron chi connectivity index (χ3n) is 8.88. The Balaban J connectivity index is 1.05. The molecule has 2 unspecified atom stereocenters. The Morgan fingerprint density at radius 3 is 2.54 bits per heavy atom. The number of anilines is 1. The highest BCUT2D eigenvalue weighted by molar-refractivity contribution is 5.88. The average Bonchev–Trinajstić information content (AvgIpc) is 3.60. The van der Waals surface area contributed by atoms with Crippen molar-refractivity contribution in [3.63, 3.8) is 0 Å². The largest absolute Gasteiger partial charge is 0.446 e. The second-order valence-corrected chi connectivity index (χ2v) is 13.0. The van der Waals surface area contributed by atoms with E-state index in [0.717, 1.165) is 48.4 Å². The zero-order chi connectivity index (χ0) is 28.9. The van der Waals surface area contributed by atoms with Gasteiger partial charge < -0.3 is 24.8 Å². The zero-order valence-electron chi connectivity index (χ0n) is 24.6. The van der Waals surface area contributed by atoms with Crippen LogP contribution < -0.4 is 5.32 Å². The molecule has 4 fully saturated rings. The second-order valence-electron chi connectivity index (χ2n) is 13.0. The molecule has 0 radical (unpaired) electrons. The molecule has 3 saturated heterocycles. The van der Waals surface area contributed by atoms with Crippen LogP contribution in [-0.4, -0.2) is 105 Å². The second kappa shape index (κ2) is 10.9. The predicted molar refractivity (Wildman–Crippen MR) is 154 cm³/mol. The third kappa shape index (κ3) is 5.78. The van der Waals surface area contributed by atoms with E-state index in [1.165, 1.54) is 23.8 Å². The summed E-state index contributed by atoms with van der Waals surface area (Å²) < 4.78 is 22.6. The van der Waals surface area contributed by atoms with Crippen LogP contribution in [0.4, 0.5) is 15.0 Å². The van der Waals surface area contributed by atoms with Crippen molar-refractivity contribution in [1.29, 1.82) is 0 Å². The van der Waals surface area contributed by atoms with Crippen LogP contribution in [-0.2, 0) is 9.53 Å². The number of aromatic nitrogens is 3. The number of likely N-dealkylation sites (N-methyl/N-ethyl adjacent to an activating group) is 1. The van der Waals surface area contributed by atoms with E-state index >= 15 is 4.39 Å². The molecule has 2 amide bonds. The fourth-order valence-electron chi connectivity index (χ4n) is 6.52. The van der Waals surface area contributed by atoms with E-state index in [1.54, 1.807) is 6.08 Å². The molecule has 222 valence electrons. The van der Waals surface area contributed by atoms with Crippen molar-refractivity contribution in [2.24, 2.45) is 0 Å². The summed E-state index contributed by atoms with van der Waals surface area (Å²) in [7, 11) is 3.83. The Morgan fingerprint density at radius 1 is 1.20 bits per heavy atom. The van der Waals surface area contributed by atoms with Gasteiger partial charge in [0.2, 0.25) is 5.91 Å². The highest BCUT2D eigenvalue weighted by Crippen LogP contribution is 2.42. The first-order chi connectivity index (χ1) is 19.6. The number of nitrogens with one attached hydrogen (secondary N) is 1. The normalized spacial score (nSPS) is 25.4. The van der Waals surface area contributed by atoms with Gasteiger partial charge in [0.1, 0.15) is 12.4 Å². The molecule has 3 aliphatic heterocycles. The number of fused-ring (bicyclic) bond motifs is 3. The lowest BCUT2D eigenvalue weighted by molar-refractivity contribution is -0.143. The standard InChI is InChI=1S/C30H42FN7O3/c1-19(2)24-15-32-38-26(14-25(20-7-8-20)34-28(24)38)33-21-12-22-9-10-23(13-21)37(22)29(40)41-18-30(31)16-36(17-30)27(39)6-5-11-35(3)4/h5-6,14-15,19-23,33H,7-13,16-18H2,1-4H3/b6-5+. The van der Waals surface area contributed by atoms with Crippen LogP contribution >= 0.6 is 0 Å². The summed E-state index contributed by atoms with van der Waals surface area (Å²) in [6.45, 7) is 4.53. The maximum Gasteiger partial charge on any atom is 0.410 e. The Kier molecular flexibility index (Phi) is 7.42. The number of nitrogens with zero attached hydrogens (tertiary/aromatic N) is 6. The topological polar surface area (TPSA) is 95.3 Å². The SMILES string of the molecule is CC(C)c1cnn2c(NC3CC4CCC(C3)N4C(=O)OCC3(F)CN(C(=O)/C=C/CN(C)C)C3)cc(C3CC3)nc12. The first kappa shape index (κ1) is 27.9. The molecule has 5 heterocycles. The summed E-state index contributed by atoms with van der Waals surface area (Å²) in [5.74, 6) is 1.61. The molecule has 2 atom stereocenters. The van der Waals surface area contributed by atoms with Crippen LogP contribution in [0.25, 0.3) is 5.65 Å². The molecule has 6 rings (SSSR count). The van der Waals surface area contributed by atoms with Crippen molar-refractivity contribution in [2.75, 3.05) is 45.7 Å². The van der Waals surface area contributed by atoms with Gasteiger partial charge in [0.05, 0.1) is 19.3 Å². The van der Waals surface area contributed by atoms with E-state index in [1.807, 2.05) is 34.6 Å². The van der Waals surface area contributed by atoms with Gasteiger partial charge in [-0.2, -0.15) is 9.61 Å². The number of carbonyl (C=O) groups excluding carboxylic acids is 2. The Bertz CT molecular complexity index is 1320. The lowest BCUT2D eigenvalue weighted by atomic mass is 9.97. The number of hydrogen-bond acceptors (Lipinski definition) is 7. The summed E-state index contributed by atoms with van der Waals surface area (Å²) in [6, 6.07) is 2.45. The first-order valence-electron chi connectivity index (χ1n) is 15.0. The first-order valence-corrected chi connectivity index (χ1v) is 15.0. The highest BCUT2D eigenvalue weighted by Gasteiger charge is 2.49. The lowest BCUT2D eigenvalue weighted by Crippen LogP contribution is -2.63. The van der Waals surface area contributed by atoms with Gasteiger partial charge in [0.25, 0.3) is 0 Å². The third-order valence-corrected chi connectivity index (χ3v) is 8.88. The Morgan fingerprint density at radius 2 is 1.90 bits per heavy atom. The summed E-state index contributed by atoms with van der Waals surface area (Å²) in [5.41, 5.74) is 1.52. The summed E-state index contributed by atoms with van der Waals surface area (Å²) >= 11 is 0. The lowest BCUT2D eigenvalue weighted by Gasteiger charge is -2.44. The molecule has 41 heavy (non-hydrogen) atoms. The summed E-state index contributed by atoms with van der Waals surface area (Å²) in [5, 5.41) is 8.41. The van der Waals surface area contributed by atoms with Crippen LogP contribution in [0.15, 0.2) is 24.4 Å². The molecule has 1 aliphatic carbocycles. The Hall–Kier alpha value is -3.21. The number of rotatable bonds is 9. The molecular weight excluding hydrogens is 525 g/mol. The van der Waals surface area contributed by atoms with E-state index in [0.29, 0.717) is 18.4 Å². The van der Waals surface area contributed by atoms with Crippen molar-refractivity contribution < 1.29 is 18.7 Å². The fraction of sp³-hybridized carbons (Fsp3) is 0.667. The predicted octanol–water partition coefficient (Wildman–Crippen LogP) is 3.94. The summed E-state index contributed by atoms with van der Waals surface area (Å²) in [6.07, 6.45) is 10.5. The van der Waals surface area contributed by atoms with E-state index in [4.69, 9.17) is 9.72 Å². The van der Waals surface area contributed by atoms with E-state index < -0.39 is 11.8 Å². The zero-order valence-corrected chi connectivity index (χ0v) is 24.6. The van der Waals surface area contributed by atoms with Crippen molar-refractivity contribution >= 4 is 23.5 Å². The van der Waals surface area contributed by atoms with Gasteiger partial charge in [-0.25, -0.2) is 14.2 Å². The molecule has 2 bridgehead atoms. The number of amides is 2. The number of piperidine rings is 1. The van der Waals surface area contributed by atoms with Gasteiger partial charge in [-0.1, -0.05) is 19.9 Å². The van der Waals surface area contributed by atoms with Gasteiger partial charge >= 0.3 is 6.09 Å². The van der Waals surface area contributed by atoms with Gasteiger partial charge in [0, 0.05) is 54.0 Å². The number of likely N-dealkylation sites (tertiary alicyclic amines) is 1. The van der Waals surface area contributed by atoms with Crippen LogP contribution in [0.5, 0.6) is 0 Å². The molecule has 4 aliphatic rings. The molecule has 1 N–H and O–H groups in total. The van der Waals surface area contributed by atoms with Crippen molar-refractivity contribution in [3.8, 4) is 0 Å². The Labute approximate surface area is 240 Å². The molecule has 2 aromatic rings. The number of halogens is 1. The smallest absolute Gasteiger partial charge is 0.410 e. The van der Waals surface area contributed by atoms with Gasteiger partial charge in [-0.3, -0.25) is 4.79 Å².